The van der Waals surface area contributed by atoms with Crippen LogP contribution < -0.4 is 5.30 Å². The van der Waals surface area contributed by atoms with E-state index in [4.69, 9.17) is 11.8 Å². The molecular weight excluding hydrogens is 191 g/mol. The summed E-state index contributed by atoms with van der Waals surface area (Å²) in [5.41, 5.74) is 0. The molecule has 0 spiro atoms. The third-order valence-electron chi connectivity index (χ3n) is 0.955. The van der Waals surface area contributed by atoms with E-state index in [-0.39, 0.29) is 0 Å². The van der Waals surface area contributed by atoms with E-state index in [0.29, 0.717) is 0 Å². The molecule has 0 aliphatic carbocycles. The highest BCUT2D eigenvalue weighted by Gasteiger charge is 1.84. The van der Waals surface area contributed by atoms with Crippen molar-refractivity contribution in [2.75, 3.05) is 0 Å². The molecule has 0 nitrogen and oxygen atoms in total. The van der Waals surface area contributed by atoms with E-state index in [1.54, 1.807) is 0 Å². The van der Waals surface area contributed by atoms with Crippen molar-refractivity contribution in [3.8, 4) is 0 Å². The number of hydrogen-bond donors (Lipinski definition) is 1. The third kappa shape index (κ3) is 4.52. The van der Waals surface area contributed by atoms with E-state index in [1.165, 1.54) is 0 Å². The van der Waals surface area contributed by atoms with Gasteiger partial charge >= 0.3 is 0 Å². The zero-order valence-corrected chi connectivity index (χ0v) is 9.22. The second kappa shape index (κ2) is 6.78. The fourth-order valence-corrected chi connectivity index (χ4v) is 1.30. The largest absolute Gasteiger partial charge is 0.143 e. The van der Waals surface area contributed by atoms with Gasteiger partial charge in [0.25, 0.3) is 0 Å². The highest BCUT2D eigenvalue weighted by atomic mass is 32.4. The van der Waals surface area contributed by atoms with Crippen molar-refractivity contribution in [3.63, 3.8) is 0 Å². The first-order valence-electron chi connectivity index (χ1n) is 3.45. The molecule has 60 valence electrons. The van der Waals surface area contributed by atoms with Crippen LogP contribution in [0.5, 0.6) is 0 Å². The van der Waals surface area contributed by atoms with E-state index < -0.39 is 0 Å². The van der Waals surface area contributed by atoms with E-state index >= 15 is 0 Å². The Hall–Kier alpha value is 0.0900. The Labute approximate surface area is 80.3 Å². The summed E-state index contributed by atoms with van der Waals surface area (Å²) in [7, 11) is 0.901. The minimum atomic E-state index is 0.901. The Morgan fingerprint density at radius 2 is 1.64 bits per heavy atom. The molecule has 0 aromatic heterocycles. The normalized spacial score (nSPS) is 8.64. The SMILES string of the molecule is CC.S=Pc1ccc(S)cc1. The molecule has 0 radical (unpaired) electrons. The lowest BCUT2D eigenvalue weighted by molar-refractivity contribution is 1.50. The summed E-state index contributed by atoms with van der Waals surface area (Å²) in [5, 5.41) is 1.16. The lowest BCUT2D eigenvalue weighted by Gasteiger charge is -1.89. The lowest BCUT2D eigenvalue weighted by atomic mass is 10.4. The third-order valence-corrected chi connectivity index (χ3v) is 2.39. The first-order chi connectivity index (χ1) is 5.33. The summed E-state index contributed by atoms with van der Waals surface area (Å²) in [5.74, 6) is 0. The molecule has 0 aliphatic rings. The maximum absolute atomic E-state index is 4.81. The number of benzene rings is 1. The Balaban J connectivity index is 0.000000461. The van der Waals surface area contributed by atoms with Gasteiger partial charge in [-0.05, 0) is 24.3 Å². The summed E-state index contributed by atoms with van der Waals surface area (Å²) in [6.45, 7) is 4.00. The second-order valence-electron chi connectivity index (χ2n) is 1.61. The van der Waals surface area contributed by atoms with Gasteiger partial charge in [-0.3, -0.25) is 0 Å². The van der Waals surface area contributed by atoms with Gasteiger partial charge in [-0.2, -0.15) is 0 Å². The van der Waals surface area contributed by atoms with Gasteiger partial charge in [-0.25, -0.2) is 0 Å². The van der Waals surface area contributed by atoms with Crippen LogP contribution >= 0.6 is 20.0 Å². The van der Waals surface area contributed by atoms with Gasteiger partial charge < -0.3 is 0 Å². The molecule has 1 aromatic rings. The Morgan fingerprint density at radius 3 is 2.00 bits per heavy atom. The number of rotatable bonds is 1. The van der Waals surface area contributed by atoms with Gasteiger partial charge in [0.15, 0.2) is 0 Å². The van der Waals surface area contributed by atoms with Crippen LogP contribution in [0.1, 0.15) is 13.8 Å². The second-order valence-corrected chi connectivity index (χ2v) is 3.37. The molecule has 3 heteroatoms. The van der Waals surface area contributed by atoms with Gasteiger partial charge in [0.1, 0.15) is 0 Å². The smallest absolute Gasteiger partial charge is 0.0128 e. The van der Waals surface area contributed by atoms with E-state index in [1.807, 2.05) is 38.1 Å². The Bertz CT molecular complexity index is 206. The van der Waals surface area contributed by atoms with Crippen LogP contribution in [0.3, 0.4) is 0 Å². The Morgan fingerprint density at radius 1 is 1.18 bits per heavy atom. The van der Waals surface area contributed by atoms with Crippen molar-refractivity contribution in [2.24, 2.45) is 0 Å². The minimum absolute atomic E-state index is 0.901. The lowest BCUT2D eigenvalue weighted by Crippen LogP contribution is -1.86. The average Bonchev–Trinajstić information content (AvgIpc) is 2.10. The van der Waals surface area contributed by atoms with Crippen LogP contribution in [0.2, 0.25) is 0 Å². The average molecular weight is 202 g/mol. The van der Waals surface area contributed by atoms with E-state index in [0.717, 1.165) is 17.6 Å². The van der Waals surface area contributed by atoms with Crippen molar-refractivity contribution in [1.29, 1.82) is 0 Å². The minimum Gasteiger partial charge on any atom is -0.143 e. The van der Waals surface area contributed by atoms with E-state index in [2.05, 4.69) is 12.6 Å². The molecule has 1 aromatic carbocycles. The van der Waals surface area contributed by atoms with Crippen molar-refractivity contribution in [1.82, 2.24) is 0 Å². The van der Waals surface area contributed by atoms with Gasteiger partial charge in [-0.15, -0.1) is 12.6 Å². The van der Waals surface area contributed by atoms with Crippen molar-refractivity contribution >= 4 is 37.1 Å². The molecular formula is C8H11PS2. The fourth-order valence-electron chi connectivity index (χ4n) is 0.513. The predicted octanol–water partition coefficient (Wildman–Crippen LogP) is 3.03. The van der Waals surface area contributed by atoms with Crippen LogP contribution in [0, 0.1) is 0 Å². The van der Waals surface area contributed by atoms with Crippen molar-refractivity contribution < 1.29 is 0 Å². The Kier molecular flexibility index (Phi) is 6.83. The molecule has 11 heavy (non-hydrogen) atoms. The summed E-state index contributed by atoms with van der Waals surface area (Å²) in [6, 6.07) is 7.85. The standard InChI is InChI=1S/C6H5PS2.C2H6/c8-6-3-1-5(7-9)2-4-6;1-2/h1-4,8H;1-2H3. The molecule has 0 saturated heterocycles. The van der Waals surface area contributed by atoms with Crippen LogP contribution in [-0.2, 0) is 11.8 Å². The van der Waals surface area contributed by atoms with Crippen LogP contribution in [0.4, 0.5) is 0 Å². The maximum atomic E-state index is 4.81. The summed E-state index contributed by atoms with van der Waals surface area (Å²) < 4.78 is 0. The summed E-state index contributed by atoms with van der Waals surface area (Å²) in [6.07, 6.45) is 0. The molecule has 0 atom stereocenters. The summed E-state index contributed by atoms with van der Waals surface area (Å²) >= 11 is 8.94. The van der Waals surface area contributed by atoms with Gasteiger partial charge in [0.2, 0.25) is 0 Å². The molecule has 0 N–H and O–H groups in total. The monoisotopic (exact) mass is 202 g/mol. The molecule has 0 amide bonds. The number of thiol groups is 1. The molecule has 0 bridgehead atoms. The van der Waals surface area contributed by atoms with Gasteiger partial charge in [0, 0.05) is 17.6 Å². The van der Waals surface area contributed by atoms with Gasteiger partial charge in [0.05, 0.1) is 0 Å². The first kappa shape index (κ1) is 11.1. The highest BCUT2D eigenvalue weighted by molar-refractivity contribution is 7.99. The maximum Gasteiger partial charge on any atom is 0.0128 e. The van der Waals surface area contributed by atoms with Crippen molar-refractivity contribution in [3.05, 3.63) is 24.3 Å². The zero-order chi connectivity index (χ0) is 8.69. The fraction of sp³-hybridized carbons (Fsp3) is 0.250. The molecule has 0 heterocycles. The highest BCUT2D eigenvalue weighted by Crippen LogP contribution is 2.04. The molecule has 1 rings (SSSR count). The van der Waals surface area contributed by atoms with Crippen molar-refractivity contribution in [2.45, 2.75) is 18.7 Å². The topological polar surface area (TPSA) is 0 Å². The van der Waals surface area contributed by atoms with Gasteiger partial charge in [-0.1, -0.05) is 25.7 Å². The quantitative estimate of drug-likeness (QED) is 0.539. The molecule has 0 aliphatic heterocycles. The summed E-state index contributed by atoms with van der Waals surface area (Å²) in [4.78, 5) is 0.984. The van der Waals surface area contributed by atoms with E-state index in [9.17, 15) is 0 Å². The van der Waals surface area contributed by atoms with Crippen LogP contribution in [0.15, 0.2) is 29.2 Å². The molecule has 0 unspecified atom stereocenters. The molecule has 0 fully saturated rings. The first-order valence-corrected chi connectivity index (χ1v) is 5.81. The number of hydrogen-bond acceptors (Lipinski definition) is 2. The predicted molar refractivity (Wildman–Crippen MR) is 59.0 cm³/mol. The van der Waals surface area contributed by atoms with Crippen LogP contribution in [-0.4, -0.2) is 0 Å². The van der Waals surface area contributed by atoms with Crippen LogP contribution in [0.25, 0.3) is 0 Å². The zero-order valence-electron chi connectivity index (χ0n) is 6.61. The molecule has 0 saturated carbocycles.